The minimum atomic E-state index is 0.0913. The maximum Gasteiger partial charge on any atom is 0.224 e. The molecule has 0 saturated carbocycles. The van der Waals surface area contributed by atoms with Gasteiger partial charge in [0.1, 0.15) is 0 Å². The first-order chi connectivity index (χ1) is 8.26. The van der Waals surface area contributed by atoms with Crippen molar-refractivity contribution in [2.45, 2.75) is 47.5 Å². The molecule has 0 saturated heterocycles. The van der Waals surface area contributed by atoms with Gasteiger partial charge in [-0.05, 0) is 35.4 Å². The zero-order chi connectivity index (χ0) is 13.8. The molecular formula is C16H25NO. The number of benzene rings is 1. The summed E-state index contributed by atoms with van der Waals surface area (Å²) in [5.74, 6) is 0.485. The summed E-state index contributed by atoms with van der Waals surface area (Å²) in [5.41, 5.74) is 2.49. The largest absolute Gasteiger partial charge is 0.326 e. The second kappa shape index (κ2) is 6.03. The highest BCUT2D eigenvalue weighted by Gasteiger charge is 2.11. The number of rotatable bonds is 4. The molecule has 0 aliphatic carbocycles. The molecule has 2 nitrogen and oxygen atoms in total. The van der Waals surface area contributed by atoms with Crippen molar-refractivity contribution in [1.82, 2.24) is 0 Å². The normalized spacial score (nSPS) is 11.7. The lowest BCUT2D eigenvalue weighted by molar-refractivity contribution is -0.116. The predicted octanol–water partition coefficient (Wildman–Crippen LogP) is 4.26. The minimum Gasteiger partial charge on any atom is -0.326 e. The summed E-state index contributed by atoms with van der Waals surface area (Å²) in [6, 6.07) is 8.16. The summed E-state index contributed by atoms with van der Waals surface area (Å²) in [6.07, 6.45) is 1.62. The summed E-state index contributed by atoms with van der Waals surface area (Å²) in [4.78, 5) is 11.6. The molecule has 18 heavy (non-hydrogen) atoms. The van der Waals surface area contributed by atoms with Gasteiger partial charge in [-0.25, -0.2) is 0 Å². The monoisotopic (exact) mass is 247 g/mol. The Morgan fingerprint density at radius 1 is 1.17 bits per heavy atom. The molecule has 0 spiro atoms. The summed E-state index contributed by atoms with van der Waals surface area (Å²) < 4.78 is 0. The average Bonchev–Trinajstić information content (AvgIpc) is 2.17. The molecule has 0 aromatic heterocycles. The van der Waals surface area contributed by atoms with Gasteiger partial charge in [-0.3, -0.25) is 4.79 Å². The van der Waals surface area contributed by atoms with E-state index < -0.39 is 0 Å². The van der Waals surface area contributed by atoms with Crippen LogP contribution in [0.1, 0.15) is 46.6 Å². The molecule has 0 aliphatic rings. The van der Waals surface area contributed by atoms with E-state index in [0.717, 1.165) is 12.1 Å². The van der Waals surface area contributed by atoms with Crippen molar-refractivity contribution in [3.8, 4) is 0 Å². The Kier molecular flexibility index (Phi) is 4.94. The zero-order valence-corrected chi connectivity index (χ0v) is 12.2. The van der Waals surface area contributed by atoms with E-state index in [0.29, 0.717) is 17.8 Å². The summed E-state index contributed by atoms with van der Waals surface area (Å²) >= 11 is 0. The lowest BCUT2D eigenvalue weighted by Crippen LogP contribution is -2.14. The van der Waals surface area contributed by atoms with Crippen molar-refractivity contribution in [2.75, 3.05) is 5.32 Å². The fourth-order valence-electron chi connectivity index (χ4n) is 1.90. The zero-order valence-electron chi connectivity index (χ0n) is 12.2. The number of hydrogen-bond donors (Lipinski definition) is 1. The smallest absolute Gasteiger partial charge is 0.224 e. The molecular weight excluding hydrogens is 222 g/mol. The van der Waals surface area contributed by atoms with E-state index in [9.17, 15) is 4.79 Å². The van der Waals surface area contributed by atoms with Gasteiger partial charge in [0.25, 0.3) is 0 Å². The lowest BCUT2D eigenvalue weighted by atomic mass is 9.88. The van der Waals surface area contributed by atoms with Crippen LogP contribution in [0, 0.1) is 11.3 Å². The predicted molar refractivity (Wildman–Crippen MR) is 77.7 cm³/mol. The second-order valence-electron chi connectivity index (χ2n) is 6.58. The van der Waals surface area contributed by atoms with Crippen LogP contribution in [0.4, 0.5) is 5.69 Å². The maximum atomic E-state index is 11.6. The molecule has 0 fully saturated rings. The van der Waals surface area contributed by atoms with E-state index in [4.69, 9.17) is 0 Å². The van der Waals surface area contributed by atoms with Crippen LogP contribution in [0.25, 0.3) is 0 Å². The molecule has 0 atom stereocenters. The quantitative estimate of drug-likeness (QED) is 0.846. The first-order valence-corrected chi connectivity index (χ1v) is 6.65. The Morgan fingerprint density at radius 2 is 1.72 bits per heavy atom. The Hall–Kier alpha value is -1.31. The molecule has 0 heterocycles. The Labute approximate surface area is 111 Å². The molecule has 0 radical (unpaired) electrons. The Balaban J connectivity index is 2.58. The third kappa shape index (κ3) is 5.85. The fraction of sp³-hybridized carbons (Fsp3) is 0.562. The van der Waals surface area contributed by atoms with Gasteiger partial charge in [0, 0.05) is 12.1 Å². The number of hydrogen-bond acceptors (Lipinski definition) is 1. The highest BCUT2D eigenvalue weighted by atomic mass is 16.1. The third-order valence-corrected chi connectivity index (χ3v) is 2.57. The number of carbonyl (C=O) groups excluding carboxylic acids is 1. The van der Waals surface area contributed by atoms with Gasteiger partial charge in [0.2, 0.25) is 5.91 Å². The molecule has 1 aromatic rings. The first-order valence-electron chi connectivity index (χ1n) is 6.65. The molecule has 1 amide bonds. The molecule has 0 bridgehead atoms. The van der Waals surface area contributed by atoms with E-state index in [1.165, 1.54) is 5.56 Å². The van der Waals surface area contributed by atoms with E-state index >= 15 is 0 Å². The summed E-state index contributed by atoms with van der Waals surface area (Å²) in [7, 11) is 0. The van der Waals surface area contributed by atoms with Gasteiger partial charge < -0.3 is 5.32 Å². The summed E-state index contributed by atoms with van der Waals surface area (Å²) in [6.45, 7) is 10.8. The van der Waals surface area contributed by atoms with E-state index in [1.807, 2.05) is 26.0 Å². The molecule has 1 rings (SSSR count). The van der Waals surface area contributed by atoms with Crippen molar-refractivity contribution in [1.29, 1.82) is 0 Å². The second-order valence-corrected chi connectivity index (χ2v) is 6.58. The fourth-order valence-corrected chi connectivity index (χ4v) is 1.90. The van der Waals surface area contributed by atoms with Crippen LogP contribution in [0.2, 0.25) is 0 Å². The van der Waals surface area contributed by atoms with E-state index in [-0.39, 0.29) is 5.91 Å². The number of nitrogens with one attached hydrogen (secondary N) is 1. The van der Waals surface area contributed by atoms with Crippen molar-refractivity contribution in [2.24, 2.45) is 11.3 Å². The van der Waals surface area contributed by atoms with Gasteiger partial charge in [-0.15, -0.1) is 0 Å². The molecule has 100 valence electrons. The van der Waals surface area contributed by atoms with Gasteiger partial charge >= 0.3 is 0 Å². The average molecular weight is 247 g/mol. The van der Waals surface area contributed by atoms with Crippen LogP contribution in [-0.2, 0) is 11.2 Å². The van der Waals surface area contributed by atoms with Gasteiger partial charge in [-0.2, -0.15) is 0 Å². The SMILES string of the molecule is CC(C)CC(=O)Nc1ccc(CC(C)(C)C)cc1. The Bertz CT molecular complexity index is 385. The van der Waals surface area contributed by atoms with Gasteiger partial charge in [0.05, 0.1) is 0 Å². The van der Waals surface area contributed by atoms with E-state index in [1.54, 1.807) is 0 Å². The summed E-state index contributed by atoms with van der Waals surface area (Å²) in [5, 5.41) is 2.92. The van der Waals surface area contributed by atoms with Crippen LogP contribution in [0.3, 0.4) is 0 Å². The number of carbonyl (C=O) groups is 1. The van der Waals surface area contributed by atoms with Crippen molar-refractivity contribution >= 4 is 11.6 Å². The Morgan fingerprint density at radius 3 is 2.17 bits per heavy atom. The third-order valence-electron chi connectivity index (χ3n) is 2.57. The topological polar surface area (TPSA) is 29.1 Å². The molecule has 1 N–H and O–H groups in total. The first kappa shape index (κ1) is 14.7. The van der Waals surface area contributed by atoms with Crippen LogP contribution < -0.4 is 5.32 Å². The highest BCUT2D eigenvalue weighted by Crippen LogP contribution is 2.21. The van der Waals surface area contributed by atoms with E-state index in [2.05, 4.69) is 38.2 Å². The standard InChI is InChI=1S/C16H25NO/c1-12(2)10-15(18)17-14-8-6-13(7-9-14)11-16(3,4)5/h6-9,12H,10-11H2,1-5H3,(H,17,18). The van der Waals surface area contributed by atoms with Crippen LogP contribution in [0.15, 0.2) is 24.3 Å². The van der Waals surface area contributed by atoms with Crippen LogP contribution >= 0.6 is 0 Å². The van der Waals surface area contributed by atoms with Crippen molar-refractivity contribution < 1.29 is 4.79 Å². The highest BCUT2D eigenvalue weighted by molar-refractivity contribution is 5.90. The van der Waals surface area contributed by atoms with Crippen molar-refractivity contribution in [3.63, 3.8) is 0 Å². The van der Waals surface area contributed by atoms with Crippen LogP contribution in [0.5, 0.6) is 0 Å². The maximum absolute atomic E-state index is 11.6. The number of anilines is 1. The van der Waals surface area contributed by atoms with Gasteiger partial charge in [-0.1, -0.05) is 46.8 Å². The van der Waals surface area contributed by atoms with Crippen LogP contribution in [-0.4, -0.2) is 5.91 Å². The molecule has 2 heteroatoms. The lowest BCUT2D eigenvalue weighted by Gasteiger charge is -2.18. The van der Waals surface area contributed by atoms with Gasteiger partial charge in [0.15, 0.2) is 0 Å². The molecule has 0 aliphatic heterocycles. The molecule has 1 aromatic carbocycles. The van der Waals surface area contributed by atoms with Crippen molar-refractivity contribution in [3.05, 3.63) is 29.8 Å². The number of amides is 1. The molecule has 0 unspecified atom stereocenters. The minimum absolute atomic E-state index is 0.0913.